The number of rotatable bonds is 4. The molecule has 0 aliphatic heterocycles. The summed E-state index contributed by atoms with van der Waals surface area (Å²) in [5.74, 6) is 0. The van der Waals surface area contributed by atoms with Gasteiger partial charge in [0.25, 0.3) is 0 Å². The molecule has 0 saturated heterocycles. The summed E-state index contributed by atoms with van der Waals surface area (Å²) in [6, 6.07) is 5.34. The van der Waals surface area contributed by atoms with E-state index in [0.29, 0.717) is 20.6 Å². The Bertz CT molecular complexity index is 826. The lowest BCUT2D eigenvalue weighted by Crippen LogP contribution is -2.10. The Morgan fingerprint density at radius 2 is 2.10 bits per heavy atom. The zero-order valence-corrected chi connectivity index (χ0v) is 13.3. The van der Waals surface area contributed by atoms with E-state index in [1.165, 1.54) is 19.1 Å². The van der Waals surface area contributed by atoms with Gasteiger partial charge in [0, 0.05) is 12.8 Å². The molecule has 1 aromatic carbocycles. The Hall–Kier alpha value is -1.14. The van der Waals surface area contributed by atoms with Crippen LogP contribution in [0.15, 0.2) is 23.1 Å². The number of H-pyrrole nitrogens is 1. The van der Waals surface area contributed by atoms with Gasteiger partial charge in [0.1, 0.15) is 0 Å². The Labute approximate surface area is 123 Å². The number of aromatic amines is 1. The highest BCUT2D eigenvalue weighted by Crippen LogP contribution is 2.50. The molecule has 0 bridgehead atoms. The van der Waals surface area contributed by atoms with Crippen molar-refractivity contribution in [2.45, 2.75) is 37.6 Å². The minimum Gasteiger partial charge on any atom is -0.329 e. The Kier molecular flexibility index (Phi) is 3.06. The maximum Gasteiger partial charge on any atom is 0.178 e. The fourth-order valence-corrected chi connectivity index (χ4v) is 3.87. The van der Waals surface area contributed by atoms with Crippen molar-refractivity contribution in [1.29, 1.82) is 0 Å². The van der Waals surface area contributed by atoms with Crippen LogP contribution in [0.3, 0.4) is 0 Å². The number of nitrogens with zero attached hydrogens (tertiary/aromatic N) is 1. The molecular weight excluding hydrogens is 292 g/mol. The third-order valence-electron chi connectivity index (χ3n) is 4.37. The van der Waals surface area contributed by atoms with Gasteiger partial charge in [0.2, 0.25) is 0 Å². The first-order valence-electron chi connectivity index (χ1n) is 6.78. The van der Waals surface area contributed by atoms with E-state index in [0.717, 1.165) is 18.5 Å². The van der Waals surface area contributed by atoms with Crippen molar-refractivity contribution < 1.29 is 8.42 Å². The number of imidazole rings is 1. The summed E-state index contributed by atoms with van der Waals surface area (Å²) in [7, 11) is -3.26. The molecule has 1 aliphatic rings. The maximum absolute atomic E-state index is 11.9. The molecule has 3 rings (SSSR count). The standard InChI is InChI=1S/C14H18N2O2S2/c1-3-14(7-8-14)9-16-10-5-4-6-11(20(2,17)18)12(10)15-13(16)19/h4-6H,3,7-9H2,1-2H3,(H,15,19). The molecule has 108 valence electrons. The summed E-state index contributed by atoms with van der Waals surface area (Å²) in [5.41, 5.74) is 1.87. The maximum atomic E-state index is 11.9. The molecule has 1 N–H and O–H groups in total. The highest BCUT2D eigenvalue weighted by atomic mass is 32.2. The summed E-state index contributed by atoms with van der Waals surface area (Å²) < 4.78 is 26.4. The summed E-state index contributed by atoms with van der Waals surface area (Å²) in [6.45, 7) is 3.07. The van der Waals surface area contributed by atoms with Gasteiger partial charge in [-0.2, -0.15) is 0 Å². The largest absolute Gasteiger partial charge is 0.329 e. The second-order valence-corrected chi connectivity index (χ2v) is 8.16. The molecule has 1 aliphatic carbocycles. The van der Waals surface area contributed by atoms with Gasteiger partial charge in [-0.25, -0.2) is 8.42 Å². The highest BCUT2D eigenvalue weighted by Gasteiger charge is 2.41. The number of hydrogen-bond donors (Lipinski definition) is 1. The molecule has 1 fully saturated rings. The average Bonchev–Trinajstić information content (AvgIpc) is 3.08. The van der Waals surface area contributed by atoms with Crippen molar-refractivity contribution in [1.82, 2.24) is 9.55 Å². The number of fused-ring (bicyclic) bond motifs is 1. The number of para-hydroxylation sites is 1. The van der Waals surface area contributed by atoms with Crippen LogP contribution in [0, 0.1) is 10.2 Å². The Morgan fingerprint density at radius 3 is 2.65 bits per heavy atom. The molecule has 0 amide bonds. The SMILES string of the molecule is CCC1(Cn2c(=S)[nH]c3c(S(C)(=O)=O)cccc32)CC1. The van der Waals surface area contributed by atoms with E-state index in [9.17, 15) is 8.42 Å². The first kappa shape index (κ1) is 13.8. The molecule has 0 spiro atoms. The van der Waals surface area contributed by atoms with E-state index in [2.05, 4.69) is 16.5 Å². The smallest absolute Gasteiger partial charge is 0.178 e. The van der Waals surface area contributed by atoms with Gasteiger partial charge in [0.05, 0.1) is 15.9 Å². The van der Waals surface area contributed by atoms with Crippen LogP contribution in [0.4, 0.5) is 0 Å². The van der Waals surface area contributed by atoms with E-state index in [1.807, 2.05) is 6.07 Å². The monoisotopic (exact) mass is 310 g/mol. The van der Waals surface area contributed by atoms with Crippen LogP contribution in [0.2, 0.25) is 0 Å². The molecule has 4 nitrogen and oxygen atoms in total. The lowest BCUT2D eigenvalue weighted by atomic mass is 10.0. The van der Waals surface area contributed by atoms with E-state index in [-0.39, 0.29) is 0 Å². The summed E-state index contributed by atoms with van der Waals surface area (Å²) in [6.07, 6.45) is 4.81. The quantitative estimate of drug-likeness (QED) is 0.882. The number of aromatic nitrogens is 2. The molecule has 0 radical (unpaired) electrons. The molecule has 1 heterocycles. The normalized spacial score (nSPS) is 17.5. The number of sulfone groups is 1. The first-order valence-corrected chi connectivity index (χ1v) is 9.08. The molecule has 0 unspecified atom stereocenters. The fourth-order valence-electron chi connectivity index (χ4n) is 2.76. The predicted octanol–water partition coefficient (Wildman–Crippen LogP) is 3.29. The predicted molar refractivity (Wildman–Crippen MR) is 82.2 cm³/mol. The zero-order chi connectivity index (χ0) is 14.5. The van der Waals surface area contributed by atoms with Gasteiger partial charge < -0.3 is 9.55 Å². The van der Waals surface area contributed by atoms with Crippen LogP contribution in [-0.2, 0) is 16.4 Å². The third-order valence-corrected chi connectivity index (χ3v) is 5.83. The third kappa shape index (κ3) is 2.20. The minimum atomic E-state index is -3.26. The van der Waals surface area contributed by atoms with Gasteiger partial charge >= 0.3 is 0 Å². The first-order chi connectivity index (χ1) is 9.36. The van der Waals surface area contributed by atoms with Crippen LogP contribution in [0.5, 0.6) is 0 Å². The van der Waals surface area contributed by atoms with Gasteiger partial charge in [0.15, 0.2) is 14.6 Å². The van der Waals surface area contributed by atoms with Crippen molar-refractivity contribution in [3.05, 3.63) is 23.0 Å². The lowest BCUT2D eigenvalue weighted by Gasteiger charge is -2.14. The molecule has 6 heteroatoms. The van der Waals surface area contributed by atoms with E-state index in [4.69, 9.17) is 12.2 Å². The van der Waals surface area contributed by atoms with Crippen molar-refractivity contribution in [3.63, 3.8) is 0 Å². The topological polar surface area (TPSA) is 54.9 Å². The van der Waals surface area contributed by atoms with Crippen molar-refractivity contribution >= 4 is 33.1 Å². The highest BCUT2D eigenvalue weighted by molar-refractivity contribution is 7.91. The van der Waals surface area contributed by atoms with Gasteiger partial charge in [-0.3, -0.25) is 0 Å². The van der Waals surface area contributed by atoms with E-state index >= 15 is 0 Å². The van der Waals surface area contributed by atoms with Gasteiger partial charge in [-0.05, 0) is 49.0 Å². The van der Waals surface area contributed by atoms with Crippen LogP contribution < -0.4 is 0 Å². The van der Waals surface area contributed by atoms with Crippen LogP contribution >= 0.6 is 12.2 Å². The summed E-state index contributed by atoms with van der Waals surface area (Å²) in [5, 5.41) is 0. The van der Waals surface area contributed by atoms with Gasteiger partial charge in [-0.15, -0.1) is 0 Å². The Morgan fingerprint density at radius 1 is 1.40 bits per heavy atom. The second-order valence-electron chi connectivity index (χ2n) is 5.79. The molecule has 20 heavy (non-hydrogen) atoms. The molecule has 1 aromatic heterocycles. The summed E-state index contributed by atoms with van der Waals surface area (Å²) in [4.78, 5) is 3.40. The summed E-state index contributed by atoms with van der Waals surface area (Å²) >= 11 is 5.39. The molecule has 2 aromatic rings. The molecule has 0 atom stereocenters. The number of benzene rings is 1. The molecule has 1 saturated carbocycles. The second kappa shape index (κ2) is 4.43. The van der Waals surface area contributed by atoms with Gasteiger partial charge in [-0.1, -0.05) is 13.0 Å². The van der Waals surface area contributed by atoms with Crippen molar-refractivity contribution in [2.24, 2.45) is 5.41 Å². The molecular formula is C14H18N2O2S2. The lowest BCUT2D eigenvalue weighted by molar-refractivity contribution is 0.413. The number of nitrogens with one attached hydrogen (secondary N) is 1. The Balaban J connectivity index is 2.20. The van der Waals surface area contributed by atoms with Crippen LogP contribution in [0.1, 0.15) is 26.2 Å². The van der Waals surface area contributed by atoms with Crippen molar-refractivity contribution in [3.8, 4) is 0 Å². The average molecular weight is 310 g/mol. The fraction of sp³-hybridized carbons (Fsp3) is 0.500. The van der Waals surface area contributed by atoms with Crippen LogP contribution in [0.25, 0.3) is 11.0 Å². The number of hydrogen-bond acceptors (Lipinski definition) is 3. The minimum absolute atomic E-state index is 0.321. The zero-order valence-electron chi connectivity index (χ0n) is 11.6. The van der Waals surface area contributed by atoms with E-state index in [1.54, 1.807) is 12.1 Å². The van der Waals surface area contributed by atoms with Crippen molar-refractivity contribution in [2.75, 3.05) is 6.26 Å². The van der Waals surface area contributed by atoms with Crippen LogP contribution in [-0.4, -0.2) is 24.2 Å². The van der Waals surface area contributed by atoms with E-state index < -0.39 is 9.84 Å².